The van der Waals surface area contributed by atoms with Crippen LogP contribution in [0.5, 0.6) is 0 Å². The van der Waals surface area contributed by atoms with Gasteiger partial charge < -0.3 is 9.84 Å². The molecule has 5 nitrogen and oxygen atoms in total. The first-order valence-corrected chi connectivity index (χ1v) is 7.62. The van der Waals surface area contributed by atoms with E-state index in [-0.39, 0.29) is 24.2 Å². The number of ether oxygens (including phenoxy) is 1. The molecule has 0 aromatic carbocycles. The number of hydrogen-bond donors (Lipinski definition) is 1. The molecule has 0 radical (unpaired) electrons. The average Bonchev–Trinajstić information content (AvgIpc) is 2.36. The van der Waals surface area contributed by atoms with Gasteiger partial charge in [-0.05, 0) is 27.3 Å². The summed E-state index contributed by atoms with van der Waals surface area (Å²) in [6.45, 7) is 12.8. The lowest BCUT2D eigenvalue weighted by molar-refractivity contribution is -0.0780. The summed E-state index contributed by atoms with van der Waals surface area (Å²) in [6.07, 6.45) is 0.0806. The Labute approximate surface area is 123 Å². The average molecular weight is 283 g/mol. The van der Waals surface area contributed by atoms with Crippen LogP contribution in [0.15, 0.2) is 0 Å². The number of hydrogen-bond acceptors (Lipinski definition) is 5. The largest absolute Gasteiger partial charge is 0.390 e. The van der Waals surface area contributed by atoms with Crippen LogP contribution in [0.1, 0.15) is 27.7 Å². The number of aliphatic hydroxyl groups excluding tert-OH is 1. The molecule has 1 aliphatic heterocycles. The first kappa shape index (κ1) is 17.4. The van der Waals surface area contributed by atoms with Crippen molar-refractivity contribution in [1.29, 1.82) is 5.26 Å². The molecule has 0 aromatic heterocycles. The van der Waals surface area contributed by atoms with E-state index in [9.17, 15) is 5.11 Å². The fourth-order valence-electron chi connectivity index (χ4n) is 2.85. The monoisotopic (exact) mass is 283 g/mol. The third kappa shape index (κ3) is 6.19. The number of likely N-dealkylation sites (N-methyl/N-ethyl adjacent to an activating group) is 1. The van der Waals surface area contributed by atoms with E-state index < -0.39 is 0 Å². The van der Waals surface area contributed by atoms with Crippen molar-refractivity contribution in [2.45, 2.75) is 46.0 Å². The molecule has 20 heavy (non-hydrogen) atoms. The van der Waals surface area contributed by atoms with Gasteiger partial charge >= 0.3 is 0 Å². The molecule has 1 saturated heterocycles. The summed E-state index contributed by atoms with van der Waals surface area (Å²) < 4.78 is 5.70. The maximum atomic E-state index is 10.3. The van der Waals surface area contributed by atoms with Crippen LogP contribution in [-0.2, 0) is 4.74 Å². The Bertz CT molecular complexity index is 309. The van der Waals surface area contributed by atoms with E-state index >= 15 is 0 Å². The maximum absolute atomic E-state index is 10.3. The maximum Gasteiger partial charge on any atom is 0.0793 e. The van der Waals surface area contributed by atoms with Gasteiger partial charge in [-0.3, -0.25) is 9.80 Å². The van der Waals surface area contributed by atoms with Crippen LogP contribution >= 0.6 is 0 Å². The van der Waals surface area contributed by atoms with Crippen molar-refractivity contribution in [2.24, 2.45) is 5.92 Å². The van der Waals surface area contributed by atoms with Crippen molar-refractivity contribution >= 4 is 0 Å². The summed E-state index contributed by atoms with van der Waals surface area (Å²) in [5.74, 6) is 0.00517. The van der Waals surface area contributed by atoms with Gasteiger partial charge in [0.15, 0.2) is 0 Å². The van der Waals surface area contributed by atoms with E-state index in [0.717, 1.165) is 26.2 Å². The molecule has 0 aliphatic carbocycles. The fraction of sp³-hybridized carbons (Fsp3) is 0.933. The minimum absolute atomic E-state index is 0.00517. The minimum atomic E-state index is -0.377. The van der Waals surface area contributed by atoms with Crippen LogP contribution in [0.25, 0.3) is 0 Å². The molecule has 0 spiro atoms. The van der Waals surface area contributed by atoms with Crippen LogP contribution < -0.4 is 0 Å². The molecule has 1 N–H and O–H groups in total. The highest BCUT2D eigenvalue weighted by Gasteiger charge is 2.24. The molecule has 0 amide bonds. The van der Waals surface area contributed by atoms with Crippen molar-refractivity contribution in [3.63, 3.8) is 0 Å². The number of nitriles is 1. The molecule has 1 heterocycles. The Morgan fingerprint density at radius 3 is 2.45 bits per heavy atom. The summed E-state index contributed by atoms with van der Waals surface area (Å²) in [7, 11) is 0. The molecule has 1 fully saturated rings. The predicted octanol–water partition coefficient (Wildman–Crippen LogP) is 0.938. The van der Waals surface area contributed by atoms with E-state index in [1.165, 1.54) is 0 Å². The lowest BCUT2D eigenvalue weighted by Crippen LogP contribution is -2.49. The van der Waals surface area contributed by atoms with Crippen LogP contribution in [0, 0.1) is 17.2 Å². The Kier molecular flexibility index (Phi) is 7.46. The Hall–Kier alpha value is -0.670. The molecule has 1 aliphatic rings. The molecule has 0 saturated carbocycles. The van der Waals surface area contributed by atoms with Crippen LogP contribution in [0.2, 0.25) is 0 Å². The third-order valence-electron chi connectivity index (χ3n) is 3.63. The van der Waals surface area contributed by atoms with Gasteiger partial charge in [0.05, 0.1) is 30.3 Å². The summed E-state index contributed by atoms with van der Waals surface area (Å²) in [4.78, 5) is 4.41. The van der Waals surface area contributed by atoms with Crippen LogP contribution in [0.3, 0.4) is 0 Å². The van der Waals surface area contributed by atoms with Gasteiger partial charge in [0.25, 0.3) is 0 Å². The van der Waals surface area contributed by atoms with E-state index in [1.54, 1.807) is 0 Å². The van der Waals surface area contributed by atoms with Crippen LogP contribution in [-0.4, -0.2) is 72.5 Å². The summed E-state index contributed by atoms with van der Waals surface area (Å²) in [6, 6.07) is 2.25. The van der Waals surface area contributed by atoms with Gasteiger partial charge in [0.2, 0.25) is 0 Å². The quantitative estimate of drug-likeness (QED) is 0.753. The zero-order valence-corrected chi connectivity index (χ0v) is 13.2. The normalized spacial score (nSPS) is 27.2. The number of nitrogens with zero attached hydrogens (tertiary/aromatic N) is 3. The second-order valence-electron chi connectivity index (χ2n) is 6.01. The minimum Gasteiger partial charge on any atom is -0.390 e. The van der Waals surface area contributed by atoms with Gasteiger partial charge in [0.1, 0.15) is 0 Å². The Morgan fingerprint density at radius 2 is 1.95 bits per heavy atom. The molecule has 4 unspecified atom stereocenters. The van der Waals surface area contributed by atoms with Crippen molar-refractivity contribution in [3.05, 3.63) is 0 Å². The molecule has 1 rings (SSSR count). The molecule has 0 aromatic rings. The first-order chi connectivity index (χ1) is 9.44. The SMILES string of the molecule is CCN(CC(C)C#N)CC(O)CN1CC(C)OC(C)C1. The van der Waals surface area contributed by atoms with Crippen LogP contribution in [0.4, 0.5) is 0 Å². The van der Waals surface area contributed by atoms with Gasteiger partial charge in [0, 0.05) is 32.7 Å². The smallest absolute Gasteiger partial charge is 0.0793 e. The van der Waals surface area contributed by atoms with Gasteiger partial charge in [-0.25, -0.2) is 0 Å². The summed E-state index contributed by atoms with van der Waals surface area (Å²) in [5, 5.41) is 19.1. The van der Waals surface area contributed by atoms with E-state index in [1.807, 2.05) is 6.92 Å². The standard InChI is InChI=1S/C15H29N3O2/c1-5-17(7-12(2)6-16)10-15(19)11-18-8-13(3)20-14(4)9-18/h12-15,19H,5,7-11H2,1-4H3. The summed E-state index contributed by atoms with van der Waals surface area (Å²) in [5.41, 5.74) is 0. The molecule has 116 valence electrons. The van der Waals surface area contributed by atoms with E-state index in [0.29, 0.717) is 13.1 Å². The molecular weight excluding hydrogens is 254 g/mol. The number of β-amino-alcohol motifs (C(OH)–C–C–N with tert-alkyl or cyclic N) is 1. The highest BCUT2D eigenvalue weighted by Crippen LogP contribution is 2.11. The first-order valence-electron chi connectivity index (χ1n) is 7.62. The number of rotatable bonds is 7. The highest BCUT2D eigenvalue weighted by molar-refractivity contribution is 4.82. The highest BCUT2D eigenvalue weighted by atomic mass is 16.5. The van der Waals surface area contributed by atoms with E-state index in [2.05, 4.69) is 36.6 Å². The molecule has 5 heteroatoms. The lowest BCUT2D eigenvalue weighted by Gasteiger charge is -2.37. The van der Waals surface area contributed by atoms with Crippen molar-refractivity contribution < 1.29 is 9.84 Å². The van der Waals surface area contributed by atoms with Crippen molar-refractivity contribution in [1.82, 2.24) is 9.80 Å². The zero-order valence-electron chi connectivity index (χ0n) is 13.2. The second-order valence-corrected chi connectivity index (χ2v) is 6.01. The van der Waals surface area contributed by atoms with Crippen molar-refractivity contribution in [2.75, 3.05) is 39.3 Å². The molecule has 4 atom stereocenters. The topological polar surface area (TPSA) is 59.7 Å². The fourth-order valence-corrected chi connectivity index (χ4v) is 2.85. The molecule has 0 bridgehead atoms. The van der Waals surface area contributed by atoms with Gasteiger partial charge in [-0.15, -0.1) is 0 Å². The molecular formula is C15H29N3O2. The Morgan fingerprint density at radius 1 is 1.35 bits per heavy atom. The van der Waals surface area contributed by atoms with E-state index in [4.69, 9.17) is 10.00 Å². The Balaban J connectivity index is 2.37. The predicted molar refractivity (Wildman–Crippen MR) is 79.3 cm³/mol. The zero-order chi connectivity index (χ0) is 15.1. The number of aliphatic hydroxyl groups is 1. The summed E-state index contributed by atoms with van der Waals surface area (Å²) >= 11 is 0. The number of morpholine rings is 1. The lowest BCUT2D eigenvalue weighted by atomic mass is 10.1. The second kappa shape index (κ2) is 8.58. The van der Waals surface area contributed by atoms with Crippen molar-refractivity contribution in [3.8, 4) is 6.07 Å². The third-order valence-corrected chi connectivity index (χ3v) is 3.63. The van der Waals surface area contributed by atoms with Gasteiger partial charge in [-0.1, -0.05) is 6.92 Å². The van der Waals surface area contributed by atoms with Gasteiger partial charge in [-0.2, -0.15) is 5.26 Å².